The Kier molecular flexibility index (Phi) is 8.09. The molecule has 0 amide bonds. The first-order valence-electron chi connectivity index (χ1n) is 10.1. The molecule has 2 aromatic rings. The summed E-state index contributed by atoms with van der Waals surface area (Å²) in [7, 11) is 0. The Morgan fingerprint density at radius 3 is 2.63 bits per heavy atom. The number of rotatable bonds is 12. The van der Waals surface area contributed by atoms with Crippen LogP contribution in [0.4, 0.5) is 5.82 Å². The van der Waals surface area contributed by atoms with Crippen LogP contribution in [0.15, 0.2) is 4.79 Å². The first kappa shape index (κ1) is 21.2. The molecule has 2 heterocycles. The van der Waals surface area contributed by atoms with Crippen LogP contribution in [-0.2, 0) is 6.54 Å². The Balaban J connectivity index is 2.06. The van der Waals surface area contributed by atoms with E-state index in [1.54, 1.807) is 4.57 Å². The lowest BCUT2D eigenvalue weighted by molar-refractivity contribution is 0.251. The van der Waals surface area contributed by atoms with Gasteiger partial charge >= 0.3 is 11.7 Å². The molecule has 0 spiro atoms. The van der Waals surface area contributed by atoms with E-state index in [9.17, 15) is 4.79 Å². The minimum absolute atomic E-state index is 0.201. The van der Waals surface area contributed by atoms with Crippen LogP contribution in [0.5, 0.6) is 6.01 Å². The molecule has 0 aliphatic heterocycles. The summed E-state index contributed by atoms with van der Waals surface area (Å²) in [4.78, 5) is 26.1. The van der Waals surface area contributed by atoms with Crippen molar-refractivity contribution >= 4 is 17.0 Å². The minimum Gasteiger partial charge on any atom is -0.463 e. The molecule has 2 rings (SSSR count). The molecular weight excluding hydrogens is 344 g/mol. The van der Waals surface area contributed by atoms with Crippen LogP contribution in [-0.4, -0.2) is 50.7 Å². The quantitative estimate of drug-likeness (QED) is 0.551. The van der Waals surface area contributed by atoms with Crippen molar-refractivity contribution in [3.05, 3.63) is 10.5 Å². The topological polar surface area (TPSA) is 102 Å². The molecule has 0 saturated carbocycles. The number of aromatic nitrogens is 4. The number of hydrogen-bond donors (Lipinski definition) is 2. The van der Waals surface area contributed by atoms with Gasteiger partial charge in [-0.2, -0.15) is 9.97 Å². The SMILES string of the molecule is CCCCOc1nc(N)c2[nH]c(=O)n(CCCC(C)CN(CC)CC)c2n1. The van der Waals surface area contributed by atoms with Crippen LogP contribution in [0.25, 0.3) is 11.2 Å². The number of anilines is 1. The van der Waals surface area contributed by atoms with Gasteiger partial charge in [0.25, 0.3) is 0 Å². The van der Waals surface area contributed by atoms with E-state index in [1.807, 2.05) is 0 Å². The van der Waals surface area contributed by atoms with Crippen molar-refractivity contribution < 1.29 is 4.74 Å². The van der Waals surface area contributed by atoms with Gasteiger partial charge in [-0.05, 0) is 38.3 Å². The fourth-order valence-electron chi connectivity index (χ4n) is 3.22. The maximum Gasteiger partial charge on any atom is 0.327 e. The number of nitrogens with zero attached hydrogens (tertiary/aromatic N) is 4. The molecule has 1 unspecified atom stereocenters. The van der Waals surface area contributed by atoms with E-state index in [1.165, 1.54) is 0 Å². The van der Waals surface area contributed by atoms with Gasteiger partial charge in [0, 0.05) is 13.1 Å². The molecule has 0 saturated heterocycles. The Morgan fingerprint density at radius 2 is 1.96 bits per heavy atom. The van der Waals surface area contributed by atoms with Crippen LogP contribution in [0.3, 0.4) is 0 Å². The van der Waals surface area contributed by atoms with Crippen LogP contribution in [0, 0.1) is 5.92 Å². The largest absolute Gasteiger partial charge is 0.463 e. The van der Waals surface area contributed by atoms with Gasteiger partial charge in [-0.15, -0.1) is 0 Å². The molecule has 0 bridgehead atoms. The van der Waals surface area contributed by atoms with E-state index in [2.05, 4.69) is 47.5 Å². The highest BCUT2D eigenvalue weighted by Gasteiger charge is 2.15. The highest BCUT2D eigenvalue weighted by molar-refractivity contribution is 5.81. The third-order valence-corrected chi connectivity index (χ3v) is 4.90. The molecule has 0 aromatic carbocycles. The molecule has 0 radical (unpaired) electrons. The molecule has 3 N–H and O–H groups in total. The van der Waals surface area contributed by atoms with Crippen LogP contribution in [0.2, 0.25) is 0 Å². The number of imidazole rings is 1. The number of nitrogen functional groups attached to an aromatic ring is 1. The van der Waals surface area contributed by atoms with Crippen molar-refractivity contribution in [2.75, 3.05) is 32.0 Å². The van der Waals surface area contributed by atoms with Crippen molar-refractivity contribution in [2.45, 2.75) is 59.9 Å². The zero-order valence-corrected chi connectivity index (χ0v) is 17.1. The summed E-state index contributed by atoms with van der Waals surface area (Å²) in [6, 6.07) is 0.233. The highest BCUT2D eigenvalue weighted by Crippen LogP contribution is 2.18. The van der Waals surface area contributed by atoms with E-state index < -0.39 is 0 Å². The van der Waals surface area contributed by atoms with Gasteiger partial charge in [0.1, 0.15) is 5.52 Å². The summed E-state index contributed by atoms with van der Waals surface area (Å²) >= 11 is 0. The first-order valence-corrected chi connectivity index (χ1v) is 10.1. The van der Waals surface area contributed by atoms with E-state index >= 15 is 0 Å². The Morgan fingerprint density at radius 1 is 1.22 bits per heavy atom. The first-order chi connectivity index (χ1) is 13.0. The van der Waals surface area contributed by atoms with Crippen molar-refractivity contribution in [3.63, 3.8) is 0 Å². The second-order valence-corrected chi connectivity index (χ2v) is 7.11. The number of H-pyrrole nitrogens is 1. The summed E-state index contributed by atoms with van der Waals surface area (Å²) in [6.45, 7) is 13.1. The molecule has 8 heteroatoms. The molecule has 1 atom stereocenters. The molecule has 27 heavy (non-hydrogen) atoms. The zero-order valence-electron chi connectivity index (χ0n) is 17.1. The number of fused-ring (bicyclic) bond motifs is 1. The smallest absolute Gasteiger partial charge is 0.327 e. The van der Waals surface area contributed by atoms with Crippen molar-refractivity contribution in [1.82, 2.24) is 24.4 Å². The zero-order chi connectivity index (χ0) is 19.8. The van der Waals surface area contributed by atoms with E-state index in [4.69, 9.17) is 10.5 Å². The van der Waals surface area contributed by atoms with Crippen LogP contribution in [0.1, 0.15) is 53.4 Å². The summed E-state index contributed by atoms with van der Waals surface area (Å²) in [5.74, 6) is 0.829. The normalized spacial score (nSPS) is 12.8. The second kappa shape index (κ2) is 10.3. The lowest BCUT2D eigenvalue weighted by Crippen LogP contribution is -2.28. The Bertz CT molecular complexity index is 765. The third-order valence-electron chi connectivity index (χ3n) is 4.90. The number of aromatic amines is 1. The van der Waals surface area contributed by atoms with Gasteiger partial charge in [0.15, 0.2) is 11.5 Å². The monoisotopic (exact) mass is 378 g/mol. The van der Waals surface area contributed by atoms with Crippen molar-refractivity contribution in [3.8, 4) is 6.01 Å². The van der Waals surface area contributed by atoms with E-state index in [-0.39, 0.29) is 17.5 Å². The third kappa shape index (κ3) is 5.69. The number of ether oxygens (including phenoxy) is 1. The van der Waals surface area contributed by atoms with Gasteiger partial charge in [-0.25, -0.2) is 4.79 Å². The number of nitrogens with two attached hydrogens (primary N) is 1. The van der Waals surface area contributed by atoms with Gasteiger partial charge in [0.2, 0.25) is 0 Å². The number of hydrogen-bond acceptors (Lipinski definition) is 6. The summed E-state index contributed by atoms with van der Waals surface area (Å²) in [5.41, 5.74) is 6.79. The van der Waals surface area contributed by atoms with Crippen molar-refractivity contribution in [1.29, 1.82) is 0 Å². The van der Waals surface area contributed by atoms with Crippen molar-refractivity contribution in [2.24, 2.45) is 5.92 Å². The number of nitrogens with one attached hydrogen (secondary N) is 1. The van der Waals surface area contributed by atoms with Crippen LogP contribution < -0.4 is 16.2 Å². The lowest BCUT2D eigenvalue weighted by Gasteiger charge is -2.22. The minimum atomic E-state index is -0.201. The van der Waals surface area contributed by atoms with E-state index in [0.717, 1.165) is 45.3 Å². The standard InChI is InChI=1S/C19H34N6O2/c1-5-8-12-27-18-22-16(20)15-17(23-18)25(19(26)21-15)11-9-10-14(4)13-24(6-2)7-3/h14H,5-13H2,1-4H3,(H,21,26)(H2,20,22,23). The molecule has 0 aliphatic carbocycles. The molecule has 0 aliphatic rings. The van der Waals surface area contributed by atoms with Gasteiger partial charge in [-0.3, -0.25) is 4.57 Å². The average molecular weight is 379 g/mol. The molecule has 152 valence electrons. The average Bonchev–Trinajstić information content (AvgIpc) is 2.96. The van der Waals surface area contributed by atoms with Gasteiger partial charge in [0.05, 0.1) is 6.61 Å². The summed E-state index contributed by atoms with van der Waals surface area (Å²) in [5, 5.41) is 0. The number of aryl methyl sites for hydroxylation is 1. The molecule has 8 nitrogen and oxygen atoms in total. The highest BCUT2D eigenvalue weighted by atomic mass is 16.5. The molecule has 0 fully saturated rings. The molecule has 2 aromatic heterocycles. The lowest BCUT2D eigenvalue weighted by atomic mass is 10.0. The predicted octanol–water partition coefficient (Wildman–Crippen LogP) is 2.64. The summed E-state index contributed by atoms with van der Waals surface area (Å²) < 4.78 is 7.22. The predicted molar refractivity (Wildman–Crippen MR) is 109 cm³/mol. The van der Waals surface area contributed by atoms with E-state index in [0.29, 0.717) is 30.2 Å². The maximum atomic E-state index is 12.3. The molecular formula is C19H34N6O2. The Hall–Kier alpha value is -2.09. The van der Waals surface area contributed by atoms with Gasteiger partial charge < -0.3 is 20.4 Å². The second-order valence-electron chi connectivity index (χ2n) is 7.11. The fraction of sp³-hybridized carbons (Fsp3) is 0.737. The van der Waals surface area contributed by atoms with Crippen LogP contribution >= 0.6 is 0 Å². The fourth-order valence-corrected chi connectivity index (χ4v) is 3.22. The maximum absolute atomic E-state index is 12.3. The summed E-state index contributed by atoms with van der Waals surface area (Å²) in [6.07, 6.45) is 3.91. The van der Waals surface area contributed by atoms with Gasteiger partial charge in [-0.1, -0.05) is 34.1 Å². The Labute approximate surface area is 161 Å². The number of unbranched alkanes of at least 4 members (excludes halogenated alkanes) is 1.